The van der Waals surface area contributed by atoms with Crippen molar-refractivity contribution >= 4 is 53.3 Å². The van der Waals surface area contributed by atoms with Gasteiger partial charge in [0.15, 0.2) is 17.5 Å². The van der Waals surface area contributed by atoms with Crippen LogP contribution in [0.4, 0.5) is 0 Å². The van der Waals surface area contributed by atoms with E-state index in [4.69, 9.17) is 15.0 Å². The lowest BCUT2D eigenvalue weighted by Gasteiger charge is -2.15. The quantitative estimate of drug-likeness (QED) is 0.171. The molecule has 5 heteroatoms. The van der Waals surface area contributed by atoms with Gasteiger partial charge < -0.3 is 4.57 Å². The monoisotopic (exact) mass is 732 g/mol. The minimum Gasteiger partial charge on any atom is -0.308 e. The molecule has 8 aromatic carbocycles. The van der Waals surface area contributed by atoms with Gasteiger partial charge in [-0.3, -0.25) is 0 Å². The molecule has 0 aliphatic heterocycles. The van der Waals surface area contributed by atoms with Crippen LogP contribution in [0.1, 0.15) is 0 Å². The lowest BCUT2D eigenvalue weighted by molar-refractivity contribution is 1.07. The summed E-state index contributed by atoms with van der Waals surface area (Å²) in [5.74, 6) is 1.87. The number of hydrogen-bond donors (Lipinski definition) is 0. The fourth-order valence-corrected chi connectivity index (χ4v) is 9.22. The number of rotatable bonds is 6. The van der Waals surface area contributed by atoms with Crippen LogP contribution in [0.15, 0.2) is 194 Å². The molecule has 4 nitrogen and oxygen atoms in total. The first-order valence-corrected chi connectivity index (χ1v) is 19.6. The molecule has 0 saturated carbocycles. The molecule has 0 spiro atoms. The van der Waals surface area contributed by atoms with E-state index in [0.717, 1.165) is 50.1 Å². The Kier molecular flexibility index (Phi) is 7.64. The van der Waals surface area contributed by atoms with E-state index >= 15 is 0 Å². The zero-order valence-electron chi connectivity index (χ0n) is 30.2. The number of aromatic nitrogens is 4. The van der Waals surface area contributed by atoms with Crippen molar-refractivity contribution in [2.24, 2.45) is 0 Å². The molecule has 3 heterocycles. The Hall–Kier alpha value is -7.21. The first kappa shape index (κ1) is 32.2. The van der Waals surface area contributed by atoms with Gasteiger partial charge in [-0.05, 0) is 58.7 Å². The highest BCUT2D eigenvalue weighted by atomic mass is 32.1. The molecule has 0 fully saturated rings. The molecule has 0 N–H and O–H groups in total. The number of para-hydroxylation sites is 1. The van der Waals surface area contributed by atoms with Crippen molar-refractivity contribution in [2.45, 2.75) is 0 Å². The van der Waals surface area contributed by atoms with Crippen molar-refractivity contribution < 1.29 is 0 Å². The Morgan fingerprint density at radius 1 is 0.339 bits per heavy atom. The van der Waals surface area contributed by atoms with Gasteiger partial charge >= 0.3 is 0 Å². The summed E-state index contributed by atoms with van der Waals surface area (Å²) < 4.78 is 5.01. The fraction of sp³-hybridized carbons (Fsp3) is 0. The smallest absolute Gasteiger partial charge is 0.164 e. The topological polar surface area (TPSA) is 43.6 Å². The molecular weight excluding hydrogens is 701 g/mol. The first-order valence-electron chi connectivity index (χ1n) is 18.8. The molecule has 262 valence electrons. The molecule has 0 atom stereocenters. The molecule has 56 heavy (non-hydrogen) atoms. The maximum absolute atomic E-state index is 5.27. The van der Waals surface area contributed by atoms with Crippen LogP contribution < -0.4 is 0 Å². The Balaban J connectivity index is 1.19. The molecule has 0 unspecified atom stereocenters. The Morgan fingerprint density at radius 2 is 0.857 bits per heavy atom. The van der Waals surface area contributed by atoms with E-state index in [9.17, 15) is 0 Å². The Labute approximate surface area is 327 Å². The SMILES string of the molecule is c1ccc(-c2cccc(-c3nc(-c4ccccc4)nc(-c4cc(-c5ccccc5)cc(-n5c6ccccc6c6ccc7c8ccccc8sc7c65)c4)n3)c2)cc1. The van der Waals surface area contributed by atoms with Gasteiger partial charge in [-0.2, -0.15) is 0 Å². The van der Waals surface area contributed by atoms with Gasteiger partial charge in [0.1, 0.15) is 0 Å². The lowest BCUT2D eigenvalue weighted by atomic mass is 10.0. The minimum atomic E-state index is 0.616. The number of nitrogens with zero attached hydrogens (tertiary/aromatic N) is 4. The van der Waals surface area contributed by atoms with Crippen LogP contribution >= 0.6 is 11.3 Å². The summed E-state index contributed by atoms with van der Waals surface area (Å²) in [7, 11) is 0. The molecular formula is C51H32N4S. The molecule has 0 bridgehead atoms. The van der Waals surface area contributed by atoms with Crippen LogP contribution in [0.25, 0.3) is 104 Å². The third-order valence-electron chi connectivity index (χ3n) is 10.6. The number of benzene rings is 8. The zero-order valence-corrected chi connectivity index (χ0v) is 31.0. The van der Waals surface area contributed by atoms with Gasteiger partial charge in [-0.25, -0.2) is 15.0 Å². The average molecular weight is 733 g/mol. The maximum atomic E-state index is 5.27. The minimum absolute atomic E-state index is 0.616. The summed E-state index contributed by atoms with van der Waals surface area (Å²) in [6.07, 6.45) is 0. The van der Waals surface area contributed by atoms with E-state index < -0.39 is 0 Å². The van der Waals surface area contributed by atoms with Gasteiger partial charge in [0.2, 0.25) is 0 Å². The fourth-order valence-electron chi connectivity index (χ4n) is 7.98. The van der Waals surface area contributed by atoms with Gasteiger partial charge in [0.25, 0.3) is 0 Å². The van der Waals surface area contributed by atoms with Crippen LogP contribution in [0.5, 0.6) is 0 Å². The molecule has 11 aromatic rings. The van der Waals surface area contributed by atoms with E-state index in [1.165, 1.54) is 36.5 Å². The van der Waals surface area contributed by atoms with Crippen molar-refractivity contribution in [1.29, 1.82) is 0 Å². The highest BCUT2D eigenvalue weighted by Gasteiger charge is 2.20. The molecule has 0 saturated heterocycles. The molecule has 0 aliphatic rings. The highest BCUT2D eigenvalue weighted by molar-refractivity contribution is 7.26. The lowest BCUT2D eigenvalue weighted by Crippen LogP contribution is -2.02. The summed E-state index contributed by atoms with van der Waals surface area (Å²) in [5.41, 5.74) is 10.7. The molecule has 3 aromatic heterocycles. The van der Waals surface area contributed by atoms with Crippen molar-refractivity contribution in [1.82, 2.24) is 19.5 Å². The van der Waals surface area contributed by atoms with Crippen molar-refractivity contribution in [3.8, 4) is 62.1 Å². The second-order valence-corrected chi connectivity index (χ2v) is 15.1. The Bertz CT molecular complexity index is 3240. The van der Waals surface area contributed by atoms with Crippen LogP contribution in [-0.2, 0) is 0 Å². The molecule has 11 rings (SSSR count). The van der Waals surface area contributed by atoms with E-state index in [0.29, 0.717) is 17.5 Å². The second kappa shape index (κ2) is 13.3. The predicted molar refractivity (Wildman–Crippen MR) is 234 cm³/mol. The van der Waals surface area contributed by atoms with Crippen LogP contribution in [0.3, 0.4) is 0 Å². The summed E-state index contributed by atoms with van der Waals surface area (Å²) >= 11 is 1.86. The van der Waals surface area contributed by atoms with Crippen LogP contribution in [0, 0.1) is 0 Å². The third-order valence-corrected chi connectivity index (χ3v) is 11.8. The van der Waals surface area contributed by atoms with Gasteiger partial charge in [0, 0.05) is 48.6 Å². The zero-order chi connectivity index (χ0) is 37.0. The van der Waals surface area contributed by atoms with E-state index in [1.54, 1.807) is 0 Å². The maximum Gasteiger partial charge on any atom is 0.164 e. The summed E-state index contributed by atoms with van der Waals surface area (Å²) in [6.45, 7) is 0. The van der Waals surface area contributed by atoms with Gasteiger partial charge in [-0.15, -0.1) is 11.3 Å². The van der Waals surface area contributed by atoms with Crippen LogP contribution in [0.2, 0.25) is 0 Å². The van der Waals surface area contributed by atoms with Crippen LogP contribution in [-0.4, -0.2) is 19.5 Å². The van der Waals surface area contributed by atoms with E-state index in [1.807, 2.05) is 35.6 Å². The summed E-state index contributed by atoms with van der Waals surface area (Å²) in [4.78, 5) is 15.6. The average Bonchev–Trinajstić information content (AvgIpc) is 3.83. The standard InChI is InChI=1S/C51H32N4S/c1-4-15-33(16-5-1)36-21-14-22-37(29-36)50-52-49(35-19-8-3-9-20-35)53-51(54-50)39-30-38(34-17-6-2-7-18-34)31-40(32-39)55-45-25-12-10-23-41(45)43-27-28-44-42-24-11-13-26-46(42)56-48(44)47(43)55/h1-32H. The first-order chi connectivity index (χ1) is 27.7. The highest BCUT2D eigenvalue weighted by Crippen LogP contribution is 2.44. The Morgan fingerprint density at radius 3 is 1.61 bits per heavy atom. The van der Waals surface area contributed by atoms with Gasteiger partial charge in [-0.1, -0.05) is 158 Å². The predicted octanol–water partition coefficient (Wildman–Crippen LogP) is 13.7. The summed E-state index contributed by atoms with van der Waals surface area (Å²) in [5, 5.41) is 5.01. The normalized spacial score (nSPS) is 11.6. The number of thiophene rings is 1. The van der Waals surface area contributed by atoms with Crippen molar-refractivity contribution in [3.05, 3.63) is 194 Å². The molecule has 0 aliphatic carbocycles. The molecule has 0 radical (unpaired) electrons. The van der Waals surface area contributed by atoms with Crippen molar-refractivity contribution in [2.75, 3.05) is 0 Å². The van der Waals surface area contributed by atoms with E-state index in [-0.39, 0.29) is 0 Å². The summed E-state index contributed by atoms with van der Waals surface area (Å²) in [6, 6.07) is 68.5. The second-order valence-electron chi connectivity index (χ2n) is 14.0. The van der Waals surface area contributed by atoms with Crippen molar-refractivity contribution in [3.63, 3.8) is 0 Å². The van der Waals surface area contributed by atoms with E-state index in [2.05, 4.69) is 174 Å². The molecule has 0 amide bonds. The third kappa shape index (κ3) is 5.48. The number of hydrogen-bond acceptors (Lipinski definition) is 4. The number of fused-ring (bicyclic) bond motifs is 7. The largest absolute Gasteiger partial charge is 0.308 e. The van der Waals surface area contributed by atoms with Gasteiger partial charge in [0.05, 0.1) is 15.7 Å².